The third-order valence-corrected chi connectivity index (χ3v) is 4.54. The van der Waals surface area contributed by atoms with Crippen LogP contribution in [0, 0.1) is 0 Å². The number of para-hydroxylation sites is 1. The van der Waals surface area contributed by atoms with Gasteiger partial charge in [0.05, 0.1) is 6.61 Å². The smallest absolute Gasteiger partial charge is 0.225 e. The van der Waals surface area contributed by atoms with Crippen LogP contribution in [0.2, 0.25) is 0 Å². The van der Waals surface area contributed by atoms with Gasteiger partial charge in [0.1, 0.15) is 0 Å². The van der Waals surface area contributed by atoms with Gasteiger partial charge >= 0.3 is 0 Å². The third-order valence-electron chi connectivity index (χ3n) is 4.54. The Morgan fingerprint density at radius 3 is 2.48 bits per heavy atom. The molecule has 2 N–H and O–H groups in total. The van der Waals surface area contributed by atoms with E-state index < -0.39 is 0 Å². The Balaban J connectivity index is 1.41. The van der Waals surface area contributed by atoms with Crippen LogP contribution in [0.25, 0.3) is 0 Å². The highest BCUT2D eigenvalue weighted by Crippen LogP contribution is 2.16. The maximum absolute atomic E-state index is 12.1. The molecule has 1 aliphatic heterocycles. The van der Waals surface area contributed by atoms with Crippen LogP contribution in [0.15, 0.2) is 54.6 Å². The molecule has 2 aromatic rings. The lowest BCUT2D eigenvalue weighted by atomic mass is 10.2. The third kappa shape index (κ3) is 5.05. The van der Waals surface area contributed by atoms with Crippen LogP contribution in [0.5, 0.6) is 0 Å². The van der Waals surface area contributed by atoms with Crippen molar-refractivity contribution in [2.45, 2.75) is 13.0 Å². The van der Waals surface area contributed by atoms with Crippen LogP contribution in [0.1, 0.15) is 12.0 Å². The quantitative estimate of drug-likeness (QED) is 0.848. The maximum Gasteiger partial charge on any atom is 0.225 e. The molecule has 3 rings (SSSR count). The van der Waals surface area contributed by atoms with Gasteiger partial charge in [0.15, 0.2) is 0 Å². The lowest BCUT2D eigenvalue weighted by Crippen LogP contribution is -2.47. The molecule has 0 radical (unpaired) electrons. The molecule has 0 saturated carbocycles. The molecular weight excluding hydrogens is 314 g/mol. The number of nitrogens with zero attached hydrogens (tertiary/aromatic N) is 2. The summed E-state index contributed by atoms with van der Waals surface area (Å²) in [5.74, 6) is 0.0144. The molecule has 0 bridgehead atoms. The summed E-state index contributed by atoms with van der Waals surface area (Å²) in [6.45, 7) is 4.68. The Hall–Kier alpha value is -2.37. The maximum atomic E-state index is 12.1. The van der Waals surface area contributed by atoms with E-state index in [9.17, 15) is 4.79 Å². The van der Waals surface area contributed by atoms with E-state index in [-0.39, 0.29) is 12.5 Å². The van der Waals surface area contributed by atoms with Crippen molar-refractivity contribution in [1.82, 2.24) is 4.90 Å². The van der Waals surface area contributed by atoms with Crippen molar-refractivity contribution in [2.75, 3.05) is 42.9 Å². The molecule has 2 aromatic carbocycles. The van der Waals surface area contributed by atoms with E-state index in [0.29, 0.717) is 6.42 Å². The summed E-state index contributed by atoms with van der Waals surface area (Å²) in [6.07, 6.45) is 0.481. The highest BCUT2D eigenvalue weighted by Gasteiger charge is 2.17. The van der Waals surface area contributed by atoms with Gasteiger partial charge in [-0.05, 0) is 29.8 Å². The predicted molar refractivity (Wildman–Crippen MR) is 101 cm³/mol. The summed E-state index contributed by atoms with van der Waals surface area (Å²) in [4.78, 5) is 16.9. The lowest BCUT2D eigenvalue weighted by Gasteiger charge is -2.36. The van der Waals surface area contributed by atoms with Crippen molar-refractivity contribution in [1.29, 1.82) is 0 Å². The zero-order valence-corrected chi connectivity index (χ0v) is 14.4. The monoisotopic (exact) mass is 339 g/mol. The molecule has 1 aliphatic rings. The zero-order valence-electron chi connectivity index (χ0n) is 14.4. The second-order valence-corrected chi connectivity index (χ2v) is 6.32. The first-order chi connectivity index (χ1) is 12.2. The van der Waals surface area contributed by atoms with Gasteiger partial charge in [-0.3, -0.25) is 9.69 Å². The van der Waals surface area contributed by atoms with Gasteiger partial charge in [0.25, 0.3) is 0 Å². The Morgan fingerprint density at radius 2 is 1.76 bits per heavy atom. The van der Waals surface area contributed by atoms with E-state index >= 15 is 0 Å². The number of hydrogen-bond donors (Lipinski definition) is 2. The fraction of sp³-hybridized carbons (Fsp3) is 0.350. The lowest BCUT2D eigenvalue weighted by molar-refractivity contribution is -0.116. The summed E-state index contributed by atoms with van der Waals surface area (Å²) in [5.41, 5.74) is 2.81. The first kappa shape index (κ1) is 17.5. The molecular formula is C20H25N3O2. The predicted octanol–water partition coefficient (Wildman–Crippen LogP) is 2.33. The average Bonchev–Trinajstić information content (AvgIpc) is 2.67. The van der Waals surface area contributed by atoms with Crippen molar-refractivity contribution >= 4 is 17.3 Å². The fourth-order valence-corrected chi connectivity index (χ4v) is 3.10. The van der Waals surface area contributed by atoms with E-state index in [1.807, 2.05) is 24.3 Å². The number of nitrogens with one attached hydrogen (secondary N) is 1. The second kappa shape index (κ2) is 8.65. The first-order valence-electron chi connectivity index (χ1n) is 8.76. The number of carbonyl (C=O) groups excluding carboxylic acids is 1. The van der Waals surface area contributed by atoms with Gasteiger partial charge in [0, 0.05) is 50.5 Å². The van der Waals surface area contributed by atoms with Crippen LogP contribution in [0.4, 0.5) is 11.4 Å². The number of aliphatic hydroxyl groups is 1. The number of rotatable bonds is 6. The Bertz CT molecular complexity index is 682. The van der Waals surface area contributed by atoms with E-state index in [1.165, 1.54) is 5.69 Å². The fourth-order valence-electron chi connectivity index (χ4n) is 3.10. The number of piperazine rings is 1. The molecule has 0 atom stereocenters. The number of carbonyl (C=O) groups is 1. The van der Waals surface area contributed by atoms with Gasteiger partial charge in [-0.2, -0.15) is 0 Å². The van der Waals surface area contributed by atoms with Crippen molar-refractivity contribution in [3.05, 3.63) is 60.2 Å². The van der Waals surface area contributed by atoms with Crippen LogP contribution >= 0.6 is 0 Å². The molecule has 0 aliphatic carbocycles. The molecule has 5 nitrogen and oxygen atoms in total. The summed E-state index contributed by atoms with van der Waals surface area (Å²) in [7, 11) is 0. The van der Waals surface area contributed by atoms with Gasteiger partial charge in [-0.1, -0.05) is 30.3 Å². The van der Waals surface area contributed by atoms with Crippen molar-refractivity contribution < 1.29 is 9.90 Å². The second-order valence-electron chi connectivity index (χ2n) is 6.32. The Labute approximate surface area is 148 Å². The number of anilines is 2. The first-order valence-corrected chi connectivity index (χ1v) is 8.76. The van der Waals surface area contributed by atoms with E-state index in [4.69, 9.17) is 5.11 Å². The Morgan fingerprint density at radius 1 is 1.00 bits per heavy atom. The minimum Gasteiger partial charge on any atom is -0.392 e. The highest BCUT2D eigenvalue weighted by molar-refractivity contribution is 5.90. The standard InChI is InChI=1S/C20H25N3O2/c24-16-17-5-4-6-18(15-17)21-20(25)9-10-22-11-13-23(14-12-22)19-7-2-1-3-8-19/h1-8,15,24H,9-14,16H2,(H,21,25). The average molecular weight is 339 g/mol. The van der Waals surface area contributed by atoms with Gasteiger partial charge in [-0.25, -0.2) is 0 Å². The molecule has 0 spiro atoms. The molecule has 0 unspecified atom stereocenters. The Kier molecular flexibility index (Phi) is 6.04. The van der Waals surface area contributed by atoms with Gasteiger partial charge in [-0.15, -0.1) is 0 Å². The largest absolute Gasteiger partial charge is 0.392 e. The van der Waals surface area contributed by atoms with Crippen molar-refractivity contribution in [3.8, 4) is 0 Å². The number of hydrogen-bond acceptors (Lipinski definition) is 4. The SMILES string of the molecule is O=C(CCN1CCN(c2ccccc2)CC1)Nc1cccc(CO)c1. The van der Waals surface area contributed by atoms with E-state index in [0.717, 1.165) is 44.0 Å². The van der Waals surface area contributed by atoms with Crippen LogP contribution in [0.3, 0.4) is 0 Å². The molecule has 0 aromatic heterocycles. The normalized spacial score (nSPS) is 15.2. The summed E-state index contributed by atoms with van der Waals surface area (Å²) >= 11 is 0. The molecule has 132 valence electrons. The molecule has 1 saturated heterocycles. The summed E-state index contributed by atoms with van der Waals surface area (Å²) in [5, 5.41) is 12.1. The topological polar surface area (TPSA) is 55.8 Å². The van der Waals surface area contributed by atoms with Crippen LogP contribution < -0.4 is 10.2 Å². The molecule has 5 heteroatoms. The minimum absolute atomic E-state index is 0.0144. The van der Waals surface area contributed by atoms with Crippen LogP contribution in [-0.2, 0) is 11.4 Å². The van der Waals surface area contributed by atoms with Gasteiger partial charge in [0.2, 0.25) is 5.91 Å². The van der Waals surface area contributed by atoms with Crippen molar-refractivity contribution in [2.24, 2.45) is 0 Å². The molecule has 1 amide bonds. The summed E-state index contributed by atoms with van der Waals surface area (Å²) in [6, 6.07) is 17.8. The number of amides is 1. The number of aliphatic hydroxyl groups excluding tert-OH is 1. The molecule has 1 fully saturated rings. The zero-order chi connectivity index (χ0) is 17.5. The minimum atomic E-state index is -0.0184. The van der Waals surface area contributed by atoms with E-state index in [1.54, 1.807) is 6.07 Å². The summed E-state index contributed by atoms with van der Waals surface area (Å²) < 4.78 is 0. The van der Waals surface area contributed by atoms with E-state index in [2.05, 4.69) is 39.4 Å². The van der Waals surface area contributed by atoms with Crippen molar-refractivity contribution in [3.63, 3.8) is 0 Å². The number of benzene rings is 2. The molecule has 1 heterocycles. The highest BCUT2D eigenvalue weighted by atomic mass is 16.3. The van der Waals surface area contributed by atoms with Gasteiger partial charge < -0.3 is 15.3 Å². The van der Waals surface area contributed by atoms with Crippen LogP contribution in [-0.4, -0.2) is 48.6 Å². The molecule has 25 heavy (non-hydrogen) atoms.